The van der Waals surface area contributed by atoms with Crippen LogP contribution in [-0.4, -0.2) is 60.3 Å². The molecular weight excluding hydrogens is 295 g/mol. The minimum atomic E-state index is -1.81. The number of carbonyl (C=O) groups is 1. The lowest BCUT2D eigenvalue weighted by Crippen LogP contribution is -2.48. The molecule has 0 aromatic carbocycles. The van der Waals surface area contributed by atoms with E-state index in [1.165, 1.54) is 22.6 Å². The molecule has 0 radical (unpaired) electrons. The monoisotopic (exact) mass is 306 g/mol. The molecule has 0 bridgehead atoms. The molecule has 0 aliphatic heterocycles. The molecule has 0 saturated heterocycles. The highest BCUT2D eigenvalue weighted by Gasteiger charge is 2.32. The molecule has 0 aromatic heterocycles. The van der Waals surface area contributed by atoms with Crippen molar-refractivity contribution in [2.24, 2.45) is 0 Å². The van der Waals surface area contributed by atoms with Gasteiger partial charge >= 0.3 is 0 Å². The predicted molar refractivity (Wildman–Crippen MR) is 50.1 cm³/mol. The molecule has 0 heterocycles. The van der Waals surface area contributed by atoms with Crippen LogP contribution in [0.4, 0.5) is 0 Å². The molecule has 0 aliphatic rings. The highest BCUT2D eigenvalue weighted by atomic mass is 127. The van der Waals surface area contributed by atoms with E-state index in [1.54, 1.807) is 0 Å². The van der Waals surface area contributed by atoms with E-state index in [4.69, 9.17) is 25.5 Å². The second kappa shape index (κ2) is 5.83. The molecule has 0 amide bonds. The smallest absolute Gasteiger partial charge is 0.151 e. The van der Waals surface area contributed by atoms with Crippen molar-refractivity contribution < 1.29 is 30.3 Å². The lowest BCUT2D eigenvalue weighted by Gasteiger charge is -2.24. The molecule has 7 heteroatoms. The highest BCUT2D eigenvalue weighted by Crippen LogP contribution is 2.11. The van der Waals surface area contributed by atoms with Gasteiger partial charge in [-0.2, -0.15) is 0 Å². The van der Waals surface area contributed by atoms with E-state index >= 15 is 0 Å². The number of rotatable bonds is 5. The second-order valence-electron chi connectivity index (χ2n) is 2.47. The zero-order valence-electron chi connectivity index (χ0n) is 6.49. The van der Waals surface area contributed by atoms with Crippen LogP contribution in [0.3, 0.4) is 0 Å². The maximum atomic E-state index is 9.98. The first-order valence-electron chi connectivity index (χ1n) is 3.41. The Hall–Kier alpha value is 0.200. The summed E-state index contributed by atoms with van der Waals surface area (Å²) in [4.78, 5) is 9.98. The van der Waals surface area contributed by atoms with Gasteiger partial charge < -0.3 is 30.3 Å². The fraction of sp³-hybridized carbons (Fsp3) is 0.833. The van der Waals surface area contributed by atoms with Crippen LogP contribution in [0.2, 0.25) is 0 Å². The first kappa shape index (κ1) is 13.2. The average Bonchev–Trinajstić information content (AvgIpc) is 2.12. The Balaban J connectivity index is 4.23. The quantitative estimate of drug-likeness (QED) is 0.216. The largest absolute Gasteiger partial charge is 0.387 e. The number of aldehydes is 1. The van der Waals surface area contributed by atoms with E-state index in [1.807, 2.05) is 0 Å². The summed E-state index contributed by atoms with van der Waals surface area (Å²) in [6, 6.07) is 0. The van der Waals surface area contributed by atoms with Crippen molar-refractivity contribution in [1.29, 1.82) is 0 Å². The standard InChI is InChI=1S/C6H11IO6/c7-6(13)5(12)4(11)3(10)2(9)1-8/h1-6,9-13H/t2-,3+,4-,5-,6?/m0/s1. The summed E-state index contributed by atoms with van der Waals surface area (Å²) >= 11 is 1.42. The predicted octanol–water partition coefficient (Wildman–Crippen LogP) is -2.62. The van der Waals surface area contributed by atoms with Crippen LogP contribution in [0.1, 0.15) is 0 Å². The third kappa shape index (κ3) is 3.83. The van der Waals surface area contributed by atoms with E-state index in [0.717, 1.165) is 0 Å². The van der Waals surface area contributed by atoms with E-state index in [9.17, 15) is 4.79 Å². The Morgan fingerprint density at radius 1 is 0.923 bits per heavy atom. The maximum absolute atomic E-state index is 9.98. The third-order valence-corrected chi connectivity index (χ3v) is 2.21. The highest BCUT2D eigenvalue weighted by molar-refractivity contribution is 14.1. The minimum Gasteiger partial charge on any atom is -0.387 e. The van der Waals surface area contributed by atoms with E-state index < -0.39 is 28.5 Å². The first-order chi connectivity index (χ1) is 5.91. The summed E-state index contributed by atoms with van der Waals surface area (Å²) < 4.78 is -1.29. The maximum Gasteiger partial charge on any atom is 0.151 e. The van der Waals surface area contributed by atoms with Gasteiger partial charge in [-0.05, 0) is 22.6 Å². The molecule has 0 fully saturated rings. The Morgan fingerprint density at radius 2 is 1.38 bits per heavy atom. The summed E-state index contributed by atoms with van der Waals surface area (Å²) in [7, 11) is 0. The number of hydrogen-bond donors (Lipinski definition) is 5. The van der Waals surface area contributed by atoms with Gasteiger partial charge in [-0.1, -0.05) is 0 Å². The molecule has 0 spiro atoms. The van der Waals surface area contributed by atoms with E-state index in [-0.39, 0.29) is 6.29 Å². The van der Waals surface area contributed by atoms with Crippen molar-refractivity contribution in [2.75, 3.05) is 0 Å². The topological polar surface area (TPSA) is 118 Å². The Labute approximate surface area is 88.0 Å². The minimum absolute atomic E-state index is 0.0280. The summed E-state index contributed by atoms with van der Waals surface area (Å²) in [6.07, 6.45) is -6.95. The van der Waals surface area contributed by atoms with Gasteiger partial charge in [-0.25, -0.2) is 0 Å². The molecule has 5 N–H and O–H groups in total. The van der Waals surface area contributed by atoms with Gasteiger partial charge in [0.15, 0.2) is 6.29 Å². The molecule has 0 saturated carbocycles. The van der Waals surface area contributed by atoms with Gasteiger partial charge in [0.05, 0.1) is 0 Å². The van der Waals surface area contributed by atoms with Crippen LogP contribution in [0.25, 0.3) is 0 Å². The molecule has 0 aromatic rings. The van der Waals surface area contributed by atoms with Crippen molar-refractivity contribution >= 4 is 28.9 Å². The van der Waals surface area contributed by atoms with Crippen LogP contribution in [-0.2, 0) is 4.79 Å². The van der Waals surface area contributed by atoms with Crippen molar-refractivity contribution in [2.45, 2.75) is 28.5 Å². The van der Waals surface area contributed by atoms with Crippen molar-refractivity contribution in [3.8, 4) is 0 Å². The fourth-order valence-corrected chi connectivity index (χ4v) is 1.07. The lowest BCUT2D eigenvalue weighted by atomic mass is 10.0. The third-order valence-electron chi connectivity index (χ3n) is 1.47. The van der Waals surface area contributed by atoms with Gasteiger partial charge in [-0.3, -0.25) is 0 Å². The van der Waals surface area contributed by atoms with E-state index in [0.29, 0.717) is 0 Å². The van der Waals surface area contributed by atoms with Gasteiger partial charge in [-0.15, -0.1) is 0 Å². The molecule has 78 valence electrons. The average molecular weight is 306 g/mol. The van der Waals surface area contributed by atoms with Crippen LogP contribution < -0.4 is 0 Å². The number of halogens is 1. The first-order valence-corrected chi connectivity index (χ1v) is 4.66. The van der Waals surface area contributed by atoms with E-state index in [2.05, 4.69) is 0 Å². The number of aliphatic hydroxyl groups excluding tert-OH is 5. The Bertz CT molecular complexity index is 163. The number of aliphatic hydroxyl groups is 5. The lowest BCUT2D eigenvalue weighted by molar-refractivity contribution is -0.137. The fourth-order valence-electron chi connectivity index (χ4n) is 0.647. The van der Waals surface area contributed by atoms with Crippen molar-refractivity contribution in [1.82, 2.24) is 0 Å². The van der Waals surface area contributed by atoms with Crippen molar-refractivity contribution in [3.05, 3.63) is 0 Å². The van der Waals surface area contributed by atoms with Gasteiger partial charge in [0, 0.05) is 0 Å². The molecule has 6 nitrogen and oxygen atoms in total. The summed E-state index contributed by atoms with van der Waals surface area (Å²) in [5.41, 5.74) is 0. The van der Waals surface area contributed by atoms with Gasteiger partial charge in [0.1, 0.15) is 28.5 Å². The molecule has 1 unspecified atom stereocenters. The second-order valence-corrected chi connectivity index (χ2v) is 3.75. The van der Waals surface area contributed by atoms with Crippen molar-refractivity contribution in [3.63, 3.8) is 0 Å². The number of carbonyl (C=O) groups excluding carboxylic acids is 1. The SMILES string of the molecule is O=C[C@H](O)[C@@H](O)[C@H](O)[C@H](O)C(O)I. The summed E-state index contributed by atoms with van der Waals surface area (Å²) in [5.74, 6) is 0. The van der Waals surface area contributed by atoms with Crippen LogP contribution in [0.15, 0.2) is 0 Å². The van der Waals surface area contributed by atoms with Crippen LogP contribution in [0, 0.1) is 0 Å². The number of hydrogen-bond acceptors (Lipinski definition) is 6. The molecule has 0 rings (SSSR count). The summed E-state index contributed by atoms with van der Waals surface area (Å²) in [5, 5.41) is 44.6. The van der Waals surface area contributed by atoms with Gasteiger partial charge in [0.2, 0.25) is 0 Å². The molecular formula is C6H11IO6. The zero-order chi connectivity index (χ0) is 10.6. The Kier molecular flexibility index (Phi) is 5.92. The number of alkyl halides is 1. The molecule has 5 atom stereocenters. The zero-order valence-corrected chi connectivity index (χ0v) is 8.64. The normalized spacial score (nSPS) is 22.9. The summed E-state index contributed by atoms with van der Waals surface area (Å²) in [6.45, 7) is 0. The van der Waals surface area contributed by atoms with Gasteiger partial charge in [0.25, 0.3) is 0 Å². The van der Waals surface area contributed by atoms with Crippen LogP contribution >= 0.6 is 22.6 Å². The van der Waals surface area contributed by atoms with Crippen LogP contribution in [0.5, 0.6) is 0 Å². The molecule has 0 aliphatic carbocycles. The molecule has 13 heavy (non-hydrogen) atoms. The Morgan fingerprint density at radius 3 is 1.69 bits per heavy atom.